The van der Waals surface area contributed by atoms with Crippen molar-refractivity contribution in [1.82, 2.24) is 0 Å². The van der Waals surface area contributed by atoms with Crippen molar-refractivity contribution in [3.05, 3.63) is 0 Å². The van der Waals surface area contributed by atoms with E-state index in [9.17, 15) is 0 Å². The largest absolute Gasteiger partial charge is 0.320 e. The van der Waals surface area contributed by atoms with E-state index in [1.807, 2.05) is 0 Å². The van der Waals surface area contributed by atoms with Crippen molar-refractivity contribution in [1.29, 1.82) is 0.594 Å². The number of nitrogens with two attached hydrogens (primary N) is 1. The van der Waals surface area contributed by atoms with Crippen LogP contribution in [0.15, 0.2) is 0 Å². The zero-order valence-corrected chi connectivity index (χ0v) is 4.71. The van der Waals surface area contributed by atoms with Crippen molar-refractivity contribution in [3.63, 3.8) is 0 Å². The lowest BCUT2D eigenvalue weighted by Crippen LogP contribution is -1.72. The highest BCUT2D eigenvalue weighted by molar-refractivity contribution is 14.0. The fourth-order valence-electron chi connectivity index (χ4n) is 0. The summed E-state index contributed by atoms with van der Waals surface area (Å²) >= 11 is 1.40. The van der Waals surface area contributed by atoms with Crippen LogP contribution in [0.1, 0.15) is 52.0 Å². The third-order valence-electron chi connectivity index (χ3n) is 0. The van der Waals surface area contributed by atoms with Gasteiger partial charge in [0.15, 0.2) is 0 Å². The molecule has 3 heteroatoms. The second-order valence-corrected chi connectivity index (χ2v) is 0. The van der Waals surface area contributed by atoms with E-state index in [2.05, 4.69) is 18.7 Å². The maximum atomic E-state index is 6.50. The van der Waals surface area contributed by atoms with Crippen LogP contribution in [0, 0.1) is 12.8 Å². The molecule has 3 N–H and O–H groups in total. The molecular formula is C9H34INO. The molecule has 0 heterocycles. The molecule has 0 saturated carbocycles. The predicted octanol–water partition coefficient (Wildman–Crippen LogP) is 4.65. The van der Waals surface area contributed by atoms with Gasteiger partial charge >= 0.3 is 0 Å². The molecule has 12 heavy (non-hydrogen) atoms. The molecule has 0 aliphatic heterocycles. The van der Waals surface area contributed by atoms with Gasteiger partial charge in [-0.1, -0.05) is 52.0 Å². The summed E-state index contributed by atoms with van der Waals surface area (Å²) in [6, 6.07) is 0. The summed E-state index contributed by atoms with van der Waals surface area (Å²) in [5.74, 6) is 3.50. The summed E-state index contributed by atoms with van der Waals surface area (Å²) < 4.78 is 5.72. The molecule has 0 fully saturated rings. The van der Waals surface area contributed by atoms with Crippen LogP contribution in [-0.2, 0) is 0 Å². The first-order valence-corrected chi connectivity index (χ1v) is 0.592. The molecule has 0 aromatic heterocycles. The van der Waals surface area contributed by atoms with E-state index in [4.69, 9.17) is 5.80 Å². The highest BCUT2D eigenvalue weighted by Gasteiger charge is 0.732. The van der Waals surface area contributed by atoms with Gasteiger partial charge in [0.05, 0.1) is 0 Å². The number of terminal acetylenes is 1. The van der Waals surface area contributed by atoms with Crippen LogP contribution >= 0.6 is 23.8 Å². The van der Waals surface area contributed by atoms with Gasteiger partial charge in [0.1, 0.15) is 0.594 Å². The molecule has 0 saturated heterocycles. The predicted molar refractivity (Wildman–Crippen MR) is 78.4 cm³/mol. The van der Waals surface area contributed by atoms with Gasteiger partial charge < -0.3 is 5.21 Å². The van der Waals surface area contributed by atoms with Gasteiger partial charge in [-0.15, -0.1) is 36.6 Å². The molecule has 0 unspecified atom stereocenters. The third-order valence-corrected chi connectivity index (χ3v) is 0. The third kappa shape index (κ3) is 19600. The maximum Gasteiger partial charge on any atom is 0.107 e. The zero-order chi connectivity index (χ0) is 6.00. The zero-order valence-electron chi connectivity index (χ0n) is 3.56. The minimum absolute atomic E-state index is 0. The van der Waals surface area contributed by atoms with Gasteiger partial charge in [0.2, 0.25) is 0 Å². The summed E-state index contributed by atoms with van der Waals surface area (Å²) in [5, 5.41) is 6.50. The number of hydrogen-bond acceptors (Lipinski definition) is 2. The molecule has 0 amide bonds. The molecule has 0 aromatic rings. The van der Waals surface area contributed by atoms with Crippen LogP contribution in [0.5, 0.6) is 0 Å². The van der Waals surface area contributed by atoms with Gasteiger partial charge in [-0.05, 0) is 0 Å². The number of hydrogen-bond donors (Lipinski definition) is 2. The Labute approximate surface area is 100 Å². The number of halogens is 1. The topological polar surface area (TPSA) is 46.2 Å². The number of rotatable bonds is 0. The highest BCUT2D eigenvalue weighted by atomic mass is 127. The summed E-state index contributed by atoms with van der Waals surface area (Å²) in [5.41, 5.74) is 0. The second kappa shape index (κ2) is 26500. The van der Waals surface area contributed by atoms with Crippen LogP contribution in [0.25, 0.3) is 0 Å². The summed E-state index contributed by atoms with van der Waals surface area (Å²) in [6.07, 6.45) is 8.00. The van der Waals surface area contributed by atoms with Gasteiger partial charge in [-0.3, -0.25) is 0 Å². The SMILES string of the molecule is C.C.C.C.C.C.C.C#C.NO.[2H]I. The first kappa shape index (κ1) is 149. The van der Waals surface area contributed by atoms with Crippen molar-refractivity contribution >= 4 is 23.8 Å². The lowest BCUT2D eigenvalue weighted by molar-refractivity contribution is 0.311. The quantitative estimate of drug-likeness (QED) is 0.388. The average molecular weight is 300 g/mol. The molecule has 0 aliphatic rings. The van der Waals surface area contributed by atoms with Gasteiger partial charge in [-0.25, -0.2) is 5.90 Å². The lowest BCUT2D eigenvalue weighted by Gasteiger charge is -1.27. The molecule has 0 atom stereocenters. The molecule has 0 spiro atoms. The monoisotopic (exact) mass is 300 g/mol. The summed E-state index contributed by atoms with van der Waals surface area (Å²) in [7, 11) is 0. The Bertz CT molecular complexity index is 24.3. The van der Waals surface area contributed by atoms with E-state index in [1.165, 1.54) is 23.8 Å². The molecule has 2 nitrogen and oxygen atoms in total. The molecule has 0 aromatic carbocycles. The first-order valence-electron chi connectivity index (χ1n) is 0.969. The Balaban J connectivity index is -0.00000000102. The summed E-state index contributed by atoms with van der Waals surface area (Å²) in [6.45, 7) is 0. The molecule has 0 rings (SSSR count). The fraction of sp³-hybridized carbons (Fsp3) is 0.778. The Hall–Kier alpha value is 0.210. The smallest absolute Gasteiger partial charge is 0.107 e. The molecule has 0 radical (unpaired) electrons. The van der Waals surface area contributed by atoms with Gasteiger partial charge in [-0.2, -0.15) is 0 Å². The van der Waals surface area contributed by atoms with Gasteiger partial charge in [0, 0.05) is 0 Å². The van der Waals surface area contributed by atoms with Crippen LogP contribution in [0.4, 0.5) is 0 Å². The second-order valence-electron chi connectivity index (χ2n) is 0. The fourth-order valence-corrected chi connectivity index (χ4v) is 0. The van der Waals surface area contributed by atoms with Crippen molar-refractivity contribution in [2.24, 2.45) is 5.90 Å². The van der Waals surface area contributed by atoms with Crippen LogP contribution in [-0.4, -0.2) is 5.80 Å². The van der Waals surface area contributed by atoms with Crippen molar-refractivity contribution < 1.29 is 5.21 Å². The Kier molecular flexibility index (Phi) is 329000. The van der Waals surface area contributed by atoms with E-state index >= 15 is 0 Å². The average Bonchev–Trinajstić information content (AvgIpc) is 1.81. The van der Waals surface area contributed by atoms with Crippen LogP contribution in [0.2, 0.25) is 0 Å². The van der Waals surface area contributed by atoms with Crippen LogP contribution in [0.3, 0.4) is 0 Å². The standard InChI is InChI=1S/C2H2.7CH4.HI.H3NO/c1-2;;;;;;;;;1-2/h1-2H;7*1H4;1H;2H,1H2/i/hD. The van der Waals surface area contributed by atoms with E-state index in [-0.39, 0.29) is 52.0 Å². The Morgan fingerprint density at radius 3 is 0.750 bits per heavy atom. The van der Waals surface area contributed by atoms with Gasteiger partial charge in [0.25, 0.3) is 0 Å². The van der Waals surface area contributed by atoms with Crippen LogP contribution < -0.4 is 5.90 Å². The molecular weight excluding hydrogens is 265 g/mol. The molecule has 88 valence electrons. The molecule has 0 aliphatic carbocycles. The van der Waals surface area contributed by atoms with Crippen molar-refractivity contribution in [3.8, 4) is 12.8 Å². The Morgan fingerprint density at radius 1 is 0.750 bits per heavy atom. The van der Waals surface area contributed by atoms with Crippen molar-refractivity contribution in [2.45, 2.75) is 52.0 Å². The van der Waals surface area contributed by atoms with E-state index in [0.29, 0.717) is 0 Å². The molecule has 0 bridgehead atoms. The first-order chi connectivity index (χ1) is 3.00. The van der Waals surface area contributed by atoms with E-state index < -0.39 is 0 Å². The Morgan fingerprint density at radius 2 is 0.750 bits per heavy atom. The normalized spacial score (nSPS) is 1.25. The maximum absolute atomic E-state index is 6.50. The van der Waals surface area contributed by atoms with E-state index in [1.54, 1.807) is 0 Å². The lowest BCUT2D eigenvalue weighted by atomic mass is 11.4. The van der Waals surface area contributed by atoms with E-state index in [0.717, 1.165) is 0 Å². The summed E-state index contributed by atoms with van der Waals surface area (Å²) in [4.78, 5) is 0. The minimum Gasteiger partial charge on any atom is -0.320 e. The highest BCUT2D eigenvalue weighted by Crippen LogP contribution is 0.886. The minimum atomic E-state index is 0. The van der Waals surface area contributed by atoms with Crippen molar-refractivity contribution in [2.75, 3.05) is 0 Å².